The first-order valence-electron chi connectivity index (χ1n) is 10.0. The van der Waals surface area contributed by atoms with Gasteiger partial charge in [-0.2, -0.15) is 0 Å². The largest absolute Gasteiger partial charge is 0.354 e. The Labute approximate surface area is 160 Å². The number of aliphatic imine (C=N–C) groups is 1. The number of carbonyl (C=O) groups is 2. The van der Waals surface area contributed by atoms with Crippen LogP contribution in [0.5, 0.6) is 0 Å². The van der Waals surface area contributed by atoms with Crippen molar-refractivity contribution in [1.29, 1.82) is 0 Å². The smallest absolute Gasteiger partial charge is 0.261 e. The monoisotopic (exact) mass is 368 g/mol. The number of carbonyl (C=O) groups excluding carboxylic acids is 2. The van der Waals surface area contributed by atoms with E-state index in [-0.39, 0.29) is 11.8 Å². The Morgan fingerprint density at radius 1 is 1.07 bits per heavy atom. The highest BCUT2D eigenvalue weighted by Crippen LogP contribution is 2.43. The quantitative estimate of drug-likeness (QED) is 0.506. The van der Waals surface area contributed by atoms with Gasteiger partial charge < -0.3 is 10.2 Å². The lowest BCUT2D eigenvalue weighted by Gasteiger charge is -2.33. The normalized spacial score (nSPS) is 21.9. The summed E-state index contributed by atoms with van der Waals surface area (Å²) in [7, 11) is 1.80. The van der Waals surface area contributed by atoms with Gasteiger partial charge in [0.15, 0.2) is 5.96 Å². The van der Waals surface area contributed by atoms with Gasteiger partial charge in [0.2, 0.25) is 0 Å². The molecule has 4 rings (SSSR count). The van der Waals surface area contributed by atoms with E-state index in [2.05, 4.69) is 15.2 Å². The fourth-order valence-electron chi connectivity index (χ4n) is 4.88. The summed E-state index contributed by atoms with van der Waals surface area (Å²) in [6.07, 6.45) is 7.96. The van der Waals surface area contributed by atoms with Crippen molar-refractivity contribution in [3.05, 3.63) is 35.4 Å². The van der Waals surface area contributed by atoms with Gasteiger partial charge in [0, 0.05) is 33.2 Å². The maximum Gasteiger partial charge on any atom is 0.261 e. The zero-order chi connectivity index (χ0) is 18.9. The molecule has 1 N–H and O–H groups in total. The fraction of sp³-hybridized carbons (Fsp3) is 0.571. The summed E-state index contributed by atoms with van der Waals surface area (Å²) in [4.78, 5) is 33.0. The van der Waals surface area contributed by atoms with Crippen LogP contribution in [0.4, 0.5) is 0 Å². The Bertz CT molecular complexity index is 732. The van der Waals surface area contributed by atoms with E-state index < -0.39 is 0 Å². The molecule has 6 heteroatoms. The number of hydrogen-bond donors (Lipinski definition) is 1. The molecule has 6 nitrogen and oxygen atoms in total. The summed E-state index contributed by atoms with van der Waals surface area (Å²) in [5, 5.41) is 3.36. The SMILES string of the molecule is CN=C(NCCN1C(=O)c2ccccc2C1=O)N1CCC2(CCCCC2)C1. The first kappa shape index (κ1) is 18.0. The molecule has 2 amide bonds. The first-order valence-corrected chi connectivity index (χ1v) is 10.0. The molecule has 1 saturated heterocycles. The van der Waals surface area contributed by atoms with Crippen LogP contribution in [0.2, 0.25) is 0 Å². The minimum Gasteiger partial charge on any atom is -0.354 e. The number of rotatable bonds is 3. The summed E-state index contributed by atoms with van der Waals surface area (Å²) >= 11 is 0. The molecule has 1 aromatic rings. The molecule has 0 aromatic heterocycles. The fourth-order valence-corrected chi connectivity index (χ4v) is 4.88. The van der Waals surface area contributed by atoms with E-state index in [9.17, 15) is 9.59 Å². The van der Waals surface area contributed by atoms with Gasteiger partial charge in [-0.3, -0.25) is 19.5 Å². The molecular weight excluding hydrogens is 340 g/mol. The molecule has 27 heavy (non-hydrogen) atoms. The van der Waals surface area contributed by atoms with E-state index in [0.717, 1.165) is 19.0 Å². The van der Waals surface area contributed by atoms with Gasteiger partial charge in [0.1, 0.15) is 0 Å². The van der Waals surface area contributed by atoms with Crippen molar-refractivity contribution in [3.8, 4) is 0 Å². The maximum absolute atomic E-state index is 12.4. The van der Waals surface area contributed by atoms with Crippen LogP contribution in [-0.4, -0.2) is 60.8 Å². The summed E-state index contributed by atoms with van der Waals surface area (Å²) < 4.78 is 0. The number of likely N-dealkylation sites (tertiary alicyclic amines) is 1. The molecule has 1 aromatic carbocycles. The van der Waals surface area contributed by atoms with Crippen molar-refractivity contribution in [2.75, 3.05) is 33.2 Å². The standard InChI is InChI=1S/C21H28N4O2/c1-22-20(24-13-11-21(15-24)9-5-2-6-10-21)23-12-14-25-18(26)16-7-3-4-8-17(16)19(25)27/h3-4,7-8H,2,5-6,9-15H2,1H3,(H,22,23). The second-order valence-electron chi connectivity index (χ2n) is 8.01. The Kier molecular flexibility index (Phi) is 4.89. The third-order valence-corrected chi connectivity index (χ3v) is 6.36. The Hall–Kier alpha value is -2.37. The average molecular weight is 368 g/mol. The lowest BCUT2D eigenvalue weighted by atomic mass is 9.73. The number of nitrogens with one attached hydrogen (secondary N) is 1. The van der Waals surface area contributed by atoms with Crippen molar-refractivity contribution in [2.24, 2.45) is 10.4 Å². The molecule has 1 saturated carbocycles. The van der Waals surface area contributed by atoms with Gasteiger partial charge in [-0.1, -0.05) is 31.4 Å². The predicted octanol–water partition coefficient (Wildman–Crippen LogP) is 2.51. The lowest BCUT2D eigenvalue weighted by molar-refractivity contribution is 0.0657. The highest BCUT2D eigenvalue weighted by Gasteiger charge is 2.40. The summed E-state index contributed by atoms with van der Waals surface area (Å²) in [5.74, 6) is 0.485. The van der Waals surface area contributed by atoms with Crippen LogP contribution in [0.25, 0.3) is 0 Å². The number of hydrogen-bond acceptors (Lipinski definition) is 3. The maximum atomic E-state index is 12.4. The van der Waals surface area contributed by atoms with Gasteiger partial charge in [-0.25, -0.2) is 0 Å². The summed E-state index contributed by atoms with van der Waals surface area (Å²) in [6.45, 7) is 2.97. The van der Waals surface area contributed by atoms with Crippen molar-refractivity contribution < 1.29 is 9.59 Å². The predicted molar refractivity (Wildman–Crippen MR) is 105 cm³/mol. The first-order chi connectivity index (χ1) is 13.1. The average Bonchev–Trinajstić information content (AvgIpc) is 3.20. The molecule has 0 atom stereocenters. The lowest BCUT2D eigenvalue weighted by Crippen LogP contribution is -2.45. The van der Waals surface area contributed by atoms with Crippen LogP contribution in [0, 0.1) is 5.41 Å². The van der Waals surface area contributed by atoms with Crippen LogP contribution >= 0.6 is 0 Å². The minimum absolute atomic E-state index is 0.199. The molecule has 1 spiro atoms. The van der Waals surface area contributed by atoms with Crippen LogP contribution in [-0.2, 0) is 0 Å². The van der Waals surface area contributed by atoms with E-state index in [1.165, 1.54) is 43.4 Å². The third-order valence-electron chi connectivity index (χ3n) is 6.36. The van der Waals surface area contributed by atoms with Crippen molar-refractivity contribution >= 4 is 17.8 Å². The number of imide groups is 1. The molecule has 2 heterocycles. The minimum atomic E-state index is -0.199. The second-order valence-corrected chi connectivity index (χ2v) is 8.01. The molecule has 3 aliphatic rings. The number of benzene rings is 1. The van der Waals surface area contributed by atoms with Gasteiger partial charge in [-0.05, 0) is 36.8 Å². The summed E-state index contributed by atoms with van der Waals surface area (Å²) in [5.41, 5.74) is 1.48. The molecule has 0 bridgehead atoms. The van der Waals surface area contributed by atoms with Crippen LogP contribution in [0.3, 0.4) is 0 Å². The number of amides is 2. The zero-order valence-electron chi connectivity index (χ0n) is 16.0. The summed E-state index contributed by atoms with van der Waals surface area (Å²) in [6, 6.07) is 7.02. The molecule has 144 valence electrons. The zero-order valence-corrected chi connectivity index (χ0v) is 16.0. The Morgan fingerprint density at radius 2 is 1.74 bits per heavy atom. The van der Waals surface area contributed by atoms with Gasteiger partial charge in [0.05, 0.1) is 11.1 Å². The highest BCUT2D eigenvalue weighted by molar-refractivity contribution is 6.21. The van der Waals surface area contributed by atoms with E-state index in [1.807, 2.05) is 0 Å². The van der Waals surface area contributed by atoms with E-state index in [0.29, 0.717) is 29.6 Å². The van der Waals surface area contributed by atoms with Gasteiger partial charge in [-0.15, -0.1) is 0 Å². The molecule has 2 fully saturated rings. The molecular formula is C21H28N4O2. The van der Waals surface area contributed by atoms with Crippen LogP contribution < -0.4 is 5.32 Å². The van der Waals surface area contributed by atoms with E-state index >= 15 is 0 Å². The van der Waals surface area contributed by atoms with Crippen molar-refractivity contribution in [3.63, 3.8) is 0 Å². The molecule has 1 aliphatic carbocycles. The number of guanidine groups is 1. The molecule has 2 aliphatic heterocycles. The van der Waals surface area contributed by atoms with Crippen molar-refractivity contribution in [1.82, 2.24) is 15.1 Å². The second kappa shape index (κ2) is 7.33. The van der Waals surface area contributed by atoms with E-state index in [1.54, 1.807) is 31.3 Å². The topological polar surface area (TPSA) is 65.0 Å². The highest BCUT2D eigenvalue weighted by atomic mass is 16.2. The Morgan fingerprint density at radius 3 is 2.37 bits per heavy atom. The number of fused-ring (bicyclic) bond motifs is 1. The molecule has 0 unspecified atom stereocenters. The van der Waals surface area contributed by atoms with Crippen molar-refractivity contribution in [2.45, 2.75) is 38.5 Å². The number of nitrogens with zero attached hydrogens (tertiary/aromatic N) is 3. The van der Waals surface area contributed by atoms with Crippen LogP contribution in [0.15, 0.2) is 29.3 Å². The van der Waals surface area contributed by atoms with E-state index in [4.69, 9.17) is 0 Å². The Balaban J connectivity index is 1.32. The third kappa shape index (κ3) is 3.33. The van der Waals surface area contributed by atoms with Gasteiger partial charge in [0.25, 0.3) is 11.8 Å². The van der Waals surface area contributed by atoms with Gasteiger partial charge >= 0.3 is 0 Å². The molecule has 0 radical (unpaired) electrons. The van der Waals surface area contributed by atoms with Crippen LogP contribution in [0.1, 0.15) is 59.2 Å².